The summed E-state index contributed by atoms with van der Waals surface area (Å²) < 4.78 is 16.3. The second-order valence-electron chi connectivity index (χ2n) is 6.16. The van der Waals surface area contributed by atoms with Gasteiger partial charge in [-0.2, -0.15) is 0 Å². The number of ether oxygens (including phenoxy) is 3. The average Bonchev–Trinajstić information content (AvgIpc) is 3.06. The van der Waals surface area contributed by atoms with Crippen molar-refractivity contribution < 1.29 is 19.0 Å². The molecule has 2 aromatic carbocycles. The maximum atomic E-state index is 13.0. The van der Waals surface area contributed by atoms with Crippen molar-refractivity contribution in [3.05, 3.63) is 46.1 Å². The van der Waals surface area contributed by atoms with Gasteiger partial charge in [-0.3, -0.25) is 4.79 Å². The highest BCUT2D eigenvalue weighted by molar-refractivity contribution is 6.34. The summed E-state index contributed by atoms with van der Waals surface area (Å²) in [5.74, 6) is 1.05. The predicted molar refractivity (Wildman–Crippen MR) is 107 cm³/mol. The van der Waals surface area contributed by atoms with Crippen LogP contribution >= 0.6 is 11.6 Å². The number of hydrogen-bond acceptors (Lipinski definition) is 4. The lowest BCUT2D eigenvalue weighted by molar-refractivity contribution is 0.102. The van der Waals surface area contributed by atoms with Crippen molar-refractivity contribution in [1.82, 2.24) is 4.98 Å². The third kappa shape index (κ3) is 3.28. The van der Waals surface area contributed by atoms with E-state index in [1.54, 1.807) is 19.4 Å². The summed E-state index contributed by atoms with van der Waals surface area (Å²) in [5.41, 5.74) is 3.61. The first-order chi connectivity index (χ1) is 12.9. The molecule has 1 heterocycles. The summed E-state index contributed by atoms with van der Waals surface area (Å²) in [7, 11) is 4.59. The van der Waals surface area contributed by atoms with Crippen molar-refractivity contribution in [1.29, 1.82) is 0 Å². The number of fused-ring (bicyclic) bond motifs is 1. The molecule has 0 aliphatic heterocycles. The van der Waals surface area contributed by atoms with Gasteiger partial charge in [0.05, 0.1) is 48.5 Å². The highest BCUT2D eigenvalue weighted by atomic mass is 35.5. The zero-order chi connectivity index (χ0) is 19.7. The van der Waals surface area contributed by atoms with Gasteiger partial charge in [-0.05, 0) is 31.0 Å². The third-order valence-electron chi connectivity index (χ3n) is 4.39. The fourth-order valence-electron chi connectivity index (χ4n) is 3.19. The van der Waals surface area contributed by atoms with Crippen LogP contribution < -0.4 is 19.5 Å². The van der Waals surface area contributed by atoms with E-state index in [0.717, 1.165) is 11.1 Å². The van der Waals surface area contributed by atoms with Crippen molar-refractivity contribution in [2.24, 2.45) is 0 Å². The molecular weight excluding hydrogens is 368 g/mol. The summed E-state index contributed by atoms with van der Waals surface area (Å²) in [6.45, 7) is 3.85. The van der Waals surface area contributed by atoms with Gasteiger partial charge in [0, 0.05) is 12.3 Å². The molecule has 0 fully saturated rings. The fourth-order valence-corrected chi connectivity index (χ4v) is 3.56. The molecule has 7 heteroatoms. The minimum absolute atomic E-state index is 0.305. The van der Waals surface area contributed by atoms with Crippen molar-refractivity contribution in [3.63, 3.8) is 0 Å². The van der Waals surface area contributed by atoms with Crippen LogP contribution in [-0.4, -0.2) is 32.2 Å². The average molecular weight is 389 g/mol. The molecule has 0 bridgehead atoms. The van der Waals surface area contributed by atoms with E-state index < -0.39 is 0 Å². The summed E-state index contributed by atoms with van der Waals surface area (Å²) in [4.78, 5) is 16.1. The van der Waals surface area contributed by atoms with Crippen LogP contribution in [0.15, 0.2) is 24.4 Å². The van der Waals surface area contributed by atoms with Crippen LogP contribution in [0.5, 0.6) is 17.2 Å². The fraction of sp³-hybridized carbons (Fsp3) is 0.250. The van der Waals surface area contributed by atoms with E-state index >= 15 is 0 Å². The van der Waals surface area contributed by atoms with Crippen LogP contribution in [-0.2, 0) is 0 Å². The standard InChI is InChI=1S/C20H21ClN2O4/c1-10-6-11(2)17(13(21)7-10)23-20(24)12-9-22-14-8-15(25-3)18(26-4)19(27-5)16(12)14/h6-9,22H,1-5H3,(H,23,24). The minimum atomic E-state index is -0.305. The number of methoxy groups -OCH3 is 3. The number of carbonyl (C=O) groups excluding carboxylic acids is 1. The van der Waals surface area contributed by atoms with Crippen LogP contribution in [0.4, 0.5) is 5.69 Å². The highest BCUT2D eigenvalue weighted by Gasteiger charge is 2.23. The number of benzene rings is 2. The largest absolute Gasteiger partial charge is 0.493 e. The Bertz CT molecular complexity index is 1000. The molecule has 0 aliphatic carbocycles. The maximum Gasteiger partial charge on any atom is 0.258 e. The molecule has 27 heavy (non-hydrogen) atoms. The Kier molecular flexibility index (Phi) is 5.19. The van der Waals surface area contributed by atoms with Gasteiger partial charge in [0.2, 0.25) is 5.75 Å². The number of halogens is 1. The molecule has 0 unspecified atom stereocenters. The number of hydrogen-bond donors (Lipinski definition) is 2. The molecule has 1 amide bonds. The number of H-pyrrole nitrogens is 1. The van der Waals surface area contributed by atoms with Gasteiger partial charge < -0.3 is 24.5 Å². The number of anilines is 1. The first kappa shape index (κ1) is 18.9. The van der Waals surface area contributed by atoms with Crippen molar-refractivity contribution >= 4 is 34.1 Å². The van der Waals surface area contributed by atoms with Gasteiger partial charge in [0.15, 0.2) is 11.5 Å². The summed E-state index contributed by atoms with van der Waals surface area (Å²) in [5, 5.41) is 4.00. The van der Waals surface area contributed by atoms with Crippen molar-refractivity contribution in [2.75, 3.05) is 26.6 Å². The van der Waals surface area contributed by atoms with Gasteiger partial charge in [0.25, 0.3) is 5.91 Å². The quantitative estimate of drug-likeness (QED) is 0.663. The van der Waals surface area contributed by atoms with Crippen LogP contribution in [0.3, 0.4) is 0 Å². The number of carbonyl (C=O) groups is 1. The van der Waals surface area contributed by atoms with Crippen LogP contribution in [0.2, 0.25) is 5.02 Å². The molecule has 6 nitrogen and oxygen atoms in total. The molecule has 3 aromatic rings. The number of aromatic amines is 1. The third-order valence-corrected chi connectivity index (χ3v) is 4.68. The SMILES string of the molecule is COc1cc2[nH]cc(C(=O)Nc3c(C)cc(C)cc3Cl)c2c(OC)c1OC. The monoisotopic (exact) mass is 388 g/mol. The maximum absolute atomic E-state index is 13.0. The summed E-state index contributed by atoms with van der Waals surface area (Å²) in [6, 6.07) is 5.54. The zero-order valence-corrected chi connectivity index (χ0v) is 16.6. The van der Waals surface area contributed by atoms with E-state index in [0.29, 0.717) is 44.4 Å². The Balaban J connectivity index is 2.11. The van der Waals surface area contributed by atoms with Gasteiger partial charge in [-0.15, -0.1) is 0 Å². The number of amides is 1. The molecule has 0 aliphatic rings. The Labute approximate surface area is 162 Å². The lowest BCUT2D eigenvalue weighted by atomic mass is 10.1. The van der Waals surface area contributed by atoms with Gasteiger partial charge in [-0.25, -0.2) is 0 Å². The molecule has 1 aromatic heterocycles. The zero-order valence-electron chi connectivity index (χ0n) is 15.8. The van der Waals surface area contributed by atoms with Gasteiger partial charge in [0.1, 0.15) is 0 Å². The van der Waals surface area contributed by atoms with E-state index in [1.807, 2.05) is 26.0 Å². The lowest BCUT2D eigenvalue weighted by Crippen LogP contribution is -2.13. The number of rotatable bonds is 5. The van der Waals surface area contributed by atoms with Gasteiger partial charge >= 0.3 is 0 Å². The molecule has 0 saturated heterocycles. The van der Waals surface area contributed by atoms with E-state index in [-0.39, 0.29) is 5.91 Å². The Morgan fingerprint density at radius 2 is 1.74 bits per heavy atom. The van der Waals surface area contributed by atoms with Crippen molar-refractivity contribution in [3.8, 4) is 17.2 Å². The van der Waals surface area contributed by atoms with Crippen LogP contribution in [0, 0.1) is 13.8 Å². The summed E-state index contributed by atoms with van der Waals surface area (Å²) in [6.07, 6.45) is 1.62. The predicted octanol–water partition coefficient (Wildman–Crippen LogP) is 4.72. The highest BCUT2D eigenvalue weighted by Crippen LogP contribution is 2.44. The first-order valence-electron chi connectivity index (χ1n) is 8.29. The number of aromatic nitrogens is 1. The Morgan fingerprint density at radius 1 is 1.04 bits per heavy atom. The number of aryl methyl sites for hydroxylation is 2. The van der Waals surface area contributed by atoms with E-state index in [9.17, 15) is 4.79 Å². The Morgan fingerprint density at radius 3 is 2.33 bits per heavy atom. The summed E-state index contributed by atoms with van der Waals surface area (Å²) >= 11 is 6.32. The molecule has 3 rings (SSSR count). The molecule has 0 spiro atoms. The lowest BCUT2D eigenvalue weighted by Gasteiger charge is -2.14. The van der Waals surface area contributed by atoms with Gasteiger partial charge in [-0.1, -0.05) is 17.7 Å². The topological polar surface area (TPSA) is 72.6 Å². The normalized spacial score (nSPS) is 10.7. The van der Waals surface area contributed by atoms with E-state index in [1.165, 1.54) is 14.2 Å². The molecule has 0 saturated carbocycles. The molecule has 142 valence electrons. The molecular formula is C20H21ClN2O4. The first-order valence-corrected chi connectivity index (χ1v) is 8.67. The minimum Gasteiger partial charge on any atom is -0.493 e. The van der Waals surface area contributed by atoms with Crippen LogP contribution in [0.25, 0.3) is 10.9 Å². The molecule has 0 radical (unpaired) electrons. The van der Waals surface area contributed by atoms with Crippen LogP contribution in [0.1, 0.15) is 21.5 Å². The van der Waals surface area contributed by atoms with E-state index in [2.05, 4.69) is 10.3 Å². The van der Waals surface area contributed by atoms with E-state index in [4.69, 9.17) is 25.8 Å². The molecule has 2 N–H and O–H groups in total. The molecule has 0 atom stereocenters. The number of nitrogens with one attached hydrogen (secondary N) is 2. The second kappa shape index (κ2) is 7.40. The second-order valence-corrected chi connectivity index (χ2v) is 6.57. The smallest absolute Gasteiger partial charge is 0.258 e. The van der Waals surface area contributed by atoms with Crippen molar-refractivity contribution in [2.45, 2.75) is 13.8 Å². The Hall–Kier alpha value is -2.86.